The van der Waals surface area contributed by atoms with Crippen LogP contribution in [0.15, 0.2) is 48.5 Å². The first kappa shape index (κ1) is 16.5. The predicted molar refractivity (Wildman–Crippen MR) is 88.4 cm³/mol. The Kier molecular flexibility index (Phi) is 5.11. The second-order valence-electron chi connectivity index (χ2n) is 5.75. The zero-order chi connectivity index (χ0) is 16.9. The Balaban J connectivity index is 1.65. The third kappa shape index (κ3) is 3.74. The van der Waals surface area contributed by atoms with E-state index in [4.69, 9.17) is 9.47 Å². The summed E-state index contributed by atoms with van der Waals surface area (Å²) in [6, 6.07) is 14.0. The SMILES string of the molecule is COc1ccc(CC(=O)N2CCOC(c3ccccc3F)C2)cc1. The lowest BCUT2D eigenvalue weighted by Gasteiger charge is -2.33. The van der Waals surface area contributed by atoms with Crippen molar-refractivity contribution >= 4 is 5.91 Å². The maximum Gasteiger partial charge on any atom is 0.227 e. The van der Waals surface area contributed by atoms with Crippen molar-refractivity contribution in [2.24, 2.45) is 0 Å². The van der Waals surface area contributed by atoms with E-state index in [1.807, 2.05) is 24.3 Å². The van der Waals surface area contributed by atoms with E-state index in [1.54, 1.807) is 30.2 Å². The summed E-state index contributed by atoms with van der Waals surface area (Å²) in [7, 11) is 1.61. The van der Waals surface area contributed by atoms with Crippen LogP contribution in [-0.4, -0.2) is 37.6 Å². The van der Waals surface area contributed by atoms with Crippen molar-refractivity contribution in [1.29, 1.82) is 0 Å². The number of benzene rings is 2. The van der Waals surface area contributed by atoms with Crippen LogP contribution in [0.1, 0.15) is 17.2 Å². The van der Waals surface area contributed by atoms with Crippen LogP contribution < -0.4 is 4.74 Å². The number of carbonyl (C=O) groups excluding carboxylic acids is 1. The Morgan fingerprint density at radius 2 is 2.00 bits per heavy atom. The van der Waals surface area contributed by atoms with Crippen molar-refractivity contribution in [3.05, 3.63) is 65.5 Å². The molecule has 0 N–H and O–H groups in total. The summed E-state index contributed by atoms with van der Waals surface area (Å²) in [4.78, 5) is 14.3. The minimum absolute atomic E-state index is 0.0183. The molecule has 5 heteroatoms. The average molecular weight is 329 g/mol. The highest BCUT2D eigenvalue weighted by Crippen LogP contribution is 2.25. The molecular formula is C19H20FNO3. The van der Waals surface area contributed by atoms with Crippen molar-refractivity contribution in [1.82, 2.24) is 4.90 Å². The van der Waals surface area contributed by atoms with E-state index in [0.29, 0.717) is 31.7 Å². The molecular weight excluding hydrogens is 309 g/mol. The summed E-state index contributed by atoms with van der Waals surface area (Å²) in [5, 5.41) is 0. The third-order valence-electron chi connectivity index (χ3n) is 4.19. The van der Waals surface area contributed by atoms with Crippen LogP contribution in [0.4, 0.5) is 4.39 Å². The molecule has 0 spiro atoms. The Labute approximate surface area is 140 Å². The molecule has 1 heterocycles. The van der Waals surface area contributed by atoms with Gasteiger partial charge in [0.25, 0.3) is 0 Å². The number of hydrogen-bond donors (Lipinski definition) is 0. The van der Waals surface area contributed by atoms with E-state index in [-0.39, 0.29) is 11.7 Å². The first-order valence-electron chi connectivity index (χ1n) is 7.94. The molecule has 2 aromatic carbocycles. The standard InChI is InChI=1S/C19H20FNO3/c1-23-15-8-6-14(7-9-15)12-19(22)21-10-11-24-18(13-21)16-4-2-3-5-17(16)20/h2-9,18H,10-13H2,1H3. The van der Waals surface area contributed by atoms with E-state index in [9.17, 15) is 9.18 Å². The zero-order valence-corrected chi connectivity index (χ0v) is 13.6. The van der Waals surface area contributed by atoms with E-state index in [0.717, 1.165) is 11.3 Å². The molecule has 0 saturated carbocycles. The minimum atomic E-state index is -0.417. The molecule has 0 radical (unpaired) electrons. The highest BCUT2D eigenvalue weighted by atomic mass is 19.1. The number of hydrogen-bond acceptors (Lipinski definition) is 3. The van der Waals surface area contributed by atoms with Gasteiger partial charge in [-0.15, -0.1) is 0 Å². The zero-order valence-electron chi connectivity index (χ0n) is 13.6. The summed E-state index contributed by atoms with van der Waals surface area (Å²) >= 11 is 0. The first-order valence-corrected chi connectivity index (χ1v) is 7.94. The van der Waals surface area contributed by atoms with Crippen molar-refractivity contribution in [3.8, 4) is 5.75 Å². The first-order chi connectivity index (χ1) is 11.7. The molecule has 0 aromatic heterocycles. The second-order valence-corrected chi connectivity index (χ2v) is 5.75. The molecule has 3 rings (SSSR count). The molecule has 126 valence electrons. The van der Waals surface area contributed by atoms with Crippen molar-refractivity contribution < 1.29 is 18.7 Å². The third-order valence-corrected chi connectivity index (χ3v) is 4.19. The average Bonchev–Trinajstić information content (AvgIpc) is 2.63. The van der Waals surface area contributed by atoms with Gasteiger partial charge in [-0.2, -0.15) is 0 Å². The highest BCUT2D eigenvalue weighted by Gasteiger charge is 2.26. The Morgan fingerprint density at radius 1 is 1.25 bits per heavy atom. The molecule has 1 amide bonds. The second kappa shape index (κ2) is 7.45. The van der Waals surface area contributed by atoms with E-state index in [2.05, 4.69) is 0 Å². The molecule has 1 aliphatic rings. The van der Waals surface area contributed by atoms with Crippen LogP contribution in [-0.2, 0) is 16.0 Å². The molecule has 1 atom stereocenters. The van der Waals surface area contributed by atoms with Gasteiger partial charge in [0.1, 0.15) is 17.7 Å². The Bertz CT molecular complexity index is 702. The lowest BCUT2D eigenvalue weighted by atomic mass is 10.1. The largest absolute Gasteiger partial charge is 0.497 e. The summed E-state index contributed by atoms with van der Waals surface area (Å²) in [6.07, 6.45) is -0.103. The van der Waals surface area contributed by atoms with E-state index >= 15 is 0 Å². The maximum absolute atomic E-state index is 13.9. The number of methoxy groups -OCH3 is 1. The van der Waals surface area contributed by atoms with Gasteiger partial charge in [0.05, 0.1) is 26.7 Å². The predicted octanol–water partition coefficient (Wildman–Crippen LogP) is 2.98. The van der Waals surface area contributed by atoms with E-state index in [1.165, 1.54) is 6.07 Å². The minimum Gasteiger partial charge on any atom is -0.497 e. The normalized spacial score (nSPS) is 17.6. The monoisotopic (exact) mass is 329 g/mol. The number of carbonyl (C=O) groups is 1. The van der Waals surface area contributed by atoms with Crippen molar-refractivity contribution in [2.75, 3.05) is 26.8 Å². The summed E-state index contributed by atoms with van der Waals surface area (Å²) in [5.74, 6) is 0.481. The van der Waals surface area contributed by atoms with Gasteiger partial charge in [0.15, 0.2) is 0 Å². The number of halogens is 1. The quantitative estimate of drug-likeness (QED) is 0.866. The van der Waals surface area contributed by atoms with Gasteiger partial charge in [-0.05, 0) is 23.8 Å². The molecule has 1 fully saturated rings. The number of amides is 1. The fourth-order valence-electron chi connectivity index (χ4n) is 2.83. The van der Waals surface area contributed by atoms with Crippen LogP contribution in [0, 0.1) is 5.82 Å². The van der Waals surface area contributed by atoms with Gasteiger partial charge in [-0.1, -0.05) is 30.3 Å². The molecule has 0 aliphatic carbocycles. The van der Waals surface area contributed by atoms with Crippen LogP contribution >= 0.6 is 0 Å². The molecule has 1 saturated heterocycles. The number of rotatable bonds is 4. The molecule has 2 aromatic rings. The van der Waals surface area contributed by atoms with Gasteiger partial charge in [-0.25, -0.2) is 4.39 Å². The van der Waals surface area contributed by atoms with Gasteiger partial charge in [0.2, 0.25) is 5.91 Å². The number of ether oxygens (including phenoxy) is 2. The van der Waals surface area contributed by atoms with E-state index < -0.39 is 6.10 Å². The van der Waals surface area contributed by atoms with Gasteiger partial charge in [-0.3, -0.25) is 4.79 Å². The van der Waals surface area contributed by atoms with Crippen LogP contribution in [0.5, 0.6) is 5.75 Å². The summed E-state index contributed by atoms with van der Waals surface area (Å²) in [5.41, 5.74) is 1.43. The van der Waals surface area contributed by atoms with Crippen LogP contribution in [0.2, 0.25) is 0 Å². The van der Waals surface area contributed by atoms with Gasteiger partial charge < -0.3 is 14.4 Å². The Morgan fingerprint density at radius 3 is 2.71 bits per heavy atom. The molecule has 1 aliphatic heterocycles. The lowest BCUT2D eigenvalue weighted by molar-refractivity contribution is -0.138. The lowest BCUT2D eigenvalue weighted by Crippen LogP contribution is -2.43. The fraction of sp³-hybridized carbons (Fsp3) is 0.316. The highest BCUT2D eigenvalue weighted by molar-refractivity contribution is 5.79. The molecule has 0 bridgehead atoms. The number of nitrogens with zero attached hydrogens (tertiary/aromatic N) is 1. The van der Waals surface area contributed by atoms with Gasteiger partial charge in [0, 0.05) is 12.1 Å². The fourth-order valence-corrected chi connectivity index (χ4v) is 2.83. The molecule has 24 heavy (non-hydrogen) atoms. The molecule has 1 unspecified atom stereocenters. The summed E-state index contributed by atoms with van der Waals surface area (Å²) in [6.45, 7) is 1.31. The topological polar surface area (TPSA) is 38.8 Å². The smallest absolute Gasteiger partial charge is 0.227 e. The Hall–Kier alpha value is -2.40. The van der Waals surface area contributed by atoms with Crippen molar-refractivity contribution in [2.45, 2.75) is 12.5 Å². The molecule has 4 nitrogen and oxygen atoms in total. The van der Waals surface area contributed by atoms with Gasteiger partial charge >= 0.3 is 0 Å². The van der Waals surface area contributed by atoms with Crippen molar-refractivity contribution in [3.63, 3.8) is 0 Å². The number of morpholine rings is 1. The van der Waals surface area contributed by atoms with Crippen LogP contribution in [0.25, 0.3) is 0 Å². The summed E-state index contributed by atoms with van der Waals surface area (Å²) < 4.78 is 24.7. The maximum atomic E-state index is 13.9. The van der Waals surface area contributed by atoms with Crippen LogP contribution in [0.3, 0.4) is 0 Å².